The molecule has 0 heterocycles. The molecule has 0 saturated heterocycles. The van der Waals surface area contributed by atoms with E-state index in [4.69, 9.17) is 14.5 Å². The van der Waals surface area contributed by atoms with Gasteiger partial charge in [-0.05, 0) is 45.2 Å². The first kappa shape index (κ1) is 25.0. The molecule has 1 aliphatic rings. The zero-order valence-corrected chi connectivity index (χ0v) is 19.5. The standard InChI is InChI=1S/C24H40N4O3/c1-4-25-24(27-14-13-26-23(29)20-9-7-6-8-10-20)28-18-21-12-11-19(3)17-22(21)31-16-15-30-5-2/h11-12,17,20H,4-10,13-16,18H2,1-3H3,(H,26,29)(H2,25,27,28). The van der Waals surface area contributed by atoms with E-state index >= 15 is 0 Å². The Balaban J connectivity index is 1.83. The maximum Gasteiger partial charge on any atom is 0.223 e. The first-order chi connectivity index (χ1) is 15.1. The summed E-state index contributed by atoms with van der Waals surface area (Å²) in [6, 6.07) is 6.17. The summed E-state index contributed by atoms with van der Waals surface area (Å²) in [4.78, 5) is 17.0. The van der Waals surface area contributed by atoms with Gasteiger partial charge in [0.05, 0.1) is 13.2 Å². The molecule has 1 aromatic carbocycles. The monoisotopic (exact) mass is 432 g/mol. The van der Waals surface area contributed by atoms with Gasteiger partial charge in [0.1, 0.15) is 12.4 Å². The first-order valence-corrected chi connectivity index (χ1v) is 11.7. The summed E-state index contributed by atoms with van der Waals surface area (Å²) in [5.41, 5.74) is 2.18. The molecule has 1 fully saturated rings. The number of nitrogens with zero attached hydrogens (tertiary/aromatic N) is 1. The fraction of sp³-hybridized carbons (Fsp3) is 0.667. The quantitative estimate of drug-likeness (QED) is 0.268. The number of nitrogens with one attached hydrogen (secondary N) is 3. The Morgan fingerprint density at radius 3 is 2.58 bits per heavy atom. The summed E-state index contributed by atoms with van der Waals surface area (Å²) < 4.78 is 11.3. The van der Waals surface area contributed by atoms with E-state index in [9.17, 15) is 4.79 Å². The van der Waals surface area contributed by atoms with Crippen molar-refractivity contribution < 1.29 is 14.3 Å². The number of aliphatic imine (C=N–C) groups is 1. The number of benzene rings is 1. The van der Waals surface area contributed by atoms with Gasteiger partial charge in [0.15, 0.2) is 5.96 Å². The molecular formula is C24H40N4O3. The molecule has 7 nitrogen and oxygen atoms in total. The summed E-state index contributed by atoms with van der Waals surface area (Å²) in [6.07, 6.45) is 5.64. The van der Waals surface area contributed by atoms with E-state index in [0.29, 0.717) is 39.5 Å². The van der Waals surface area contributed by atoms with E-state index in [0.717, 1.165) is 42.2 Å². The minimum atomic E-state index is 0.192. The largest absolute Gasteiger partial charge is 0.491 e. The first-order valence-electron chi connectivity index (χ1n) is 11.7. The molecule has 0 bridgehead atoms. The Kier molecular flexibility index (Phi) is 11.8. The Morgan fingerprint density at radius 1 is 1.06 bits per heavy atom. The molecule has 0 unspecified atom stereocenters. The molecule has 0 radical (unpaired) electrons. The molecule has 174 valence electrons. The average molecular weight is 433 g/mol. The number of rotatable bonds is 12. The third-order valence-corrected chi connectivity index (χ3v) is 5.36. The van der Waals surface area contributed by atoms with Crippen molar-refractivity contribution in [3.8, 4) is 5.75 Å². The maximum atomic E-state index is 12.3. The summed E-state index contributed by atoms with van der Waals surface area (Å²) in [5.74, 6) is 1.96. The van der Waals surface area contributed by atoms with Gasteiger partial charge < -0.3 is 25.4 Å². The van der Waals surface area contributed by atoms with Crippen molar-refractivity contribution in [3.63, 3.8) is 0 Å². The van der Waals surface area contributed by atoms with Crippen LogP contribution in [-0.4, -0.2) is 51.3 Å². The zero-order chi connectivity index (χ0) is 22.3. The molecule has 2 rings (SSSR count). The van der Waals surface area contributed by atoms with Crippen molar-refractivity contribution >= 4 is 11.9 Å². The minimum Gasteiger partial charge on any atom is -0.491 e. The predicted molar refractivity (Wildman–Crippen MR) is 126 cm³/mol. The number of hydrogen-bond acceptors (Lipinski definition) is 4. The van der Waals surface area contributed by atoms with Gasteiger partial charge in [-0.1, -0.05) is 31.4 Å². The summed E-state index contributed by atoms with van der Waals surface area (Å²) >= 11 is 0. The molecular weight excluding hydrogens is 392 g/mol. The van der Waals surface area contributed by atoms with Crippen molar-refractivity contribution in [2.45, 2.75) is 59.4 Å². The highest BCUT2D eigenvalue weighted by atomic mass is 16.5. The van der Waals surface area contributed by atoms with Gasteiger partial charge in [-0.2, -0.15) is 0 Å². The Hall–Kier alpha value is -2.28. The third kappa shape index (κ3) is 9.59. The maximum absolute atomic E-state index is 12.3. The Labute approximate surface area is 187 Å². The number of ether oxygens (including phenoxy) is 2. The second-order valence-electron chi connectivity index (χ2n) is 7.90. The van der Waals surface area contributed by atoms with E-state index in [2.05, 4.69) is 35.0 Å². The minimum absolute atomic E-state index is 0.192. The van der Waals surface area contributed by atoms with Crippen molar-refractivity contribution in [3.05, 3.63) is 29.3 Å². The number of hydrogen-bond donors (Lipinski definition) is 3. The summed E-state index contributed by atoms with van der Waals surface area (Å²) in [7, 11) is 0. The highest BCUT2D eigenvalue weighted by Gasteiger charge is 2.20. The highest BCUT2D eigenvalue weighted by molar-refractivity contribution is 5.80. The van der Waals surface area contributed by atoms with Crippen LogP contribution in [0.15, 0.2) is 23.2 Å². The Bertz CT molecular complexity index is 687. The molecule has 1 saturated carbocycles. The van der Waals surface area contributed by atoms with Gasteiger partial charge >= 0.3 is 0 Å². The van der Waals surface area contributed by atoms with Crippen molar-refractivity contribution in [2.24, 2.45) is 10.9 Å². The number of amides is 1. The van der Waals surface area contributed by atoms with Crippen LogP contribution in [0.25, 0.3) is 0 Å². The second kappa shape index (κ2) is 14.7. The number of carbonyl (C=O) groups excluding carboxylic acids is 1. The van der Waals surface area contributed by atoms with Gasteiger partial charge in [0.2, 0.25) is 5.91 Å². The smallest absolute Gasteiger partial charge is 0.223 e. The number of carbonyl (C=O) groups is 1. The van der Waals surface area contributed by atoms with Crippen molar-refractivity contribution in [1.82, 2.24) is 16.0 Å². The van der Waals surface area contributed by atoms with Crippen molar-refractivity contribution in [2.75, 3.05) is 39.5 Å². The van der Waals surface area contributed by atoms with Crippen LogP contribution in [0.4, 0.5) is 0 Å². The molecule has 0 aromatic heterocycles. The van der Waals surface area contributed by atoms with Gasteiger partial charge in [0.25, 0.3) is 0 Å². The molecule has 31 heavy (non-hydrogen) atoms. The number of guanidine groups is 1. The predicted octanol–water partition coefficient (Wildman–Crippen LogP) is 3.16. The highest BCUT2D eigenvalue weighted by Crippen LogP contribution is 2.23. The lowest BCUT2D eigenvalue weighted by Crippen LogP contribution is -2.42. The van der Waals surface area contributed by atoms with Crippen LogP contribution in [0.2, 0.25) is 0 Å². The molecule has 1 aliphatic carbocycles. The summed E-state index contributed by atoms with van der Waals surface area (Å²) in [6.45, 7) is 10.4. The van der Waals surface area contributed by atoms with Crippen LogP contribution in [-0.2, 0) is 16.1 Å². The molecule has 0 aliphatic heterocycles. The van der Waals surface area contributed by atoms with E-state index in [-0.39, 0.29) is 11.8 Å². The van der Waals surface area contributed by atoms with E-state index in [1.54, 1.807) is 0 Å². The van der Waals surface area contributed by atoms with Crippen LogP contribution in [0.3, 0.4) is 0 Å². The van der Waals surface area contributed by atoms with E-state index in [1.165, 1.54) is 19.3 Å². The van der Waals surface area contributed by atoms with E-state index < -0.39 is 0 Å². The van der Waals surface area contributed by atoms with Crippen LogP contribution >= 0.6 is 0 Å². The fourth-order valence-corrected chi connectivity index (χ4v) is 3.66. The van der Waals surface area contributed by atoms with Gasteiger partial charge in [-0.15, -0.1) is 0 Å². The van der Waals surface area contributed by atoms with Gasteiger partial charge in [-0.3, -0.25) is 4.79 Å². The zero-order valence-electron chi connectivity index (χ0n) is 19.5. The molecule has 7 heteroatoms. The van der Waals surface area contributed by atoms with Crippen LogP contribution in [0.1, 0.15) is 57.1 Å². The number of aryl methyl sites for hydroxylation is 1. The molecule has 1 aromatic rings. The molecule has 1 amide bonds. The van der Waals surface area contributed by atoms with Crippen LogP contribution in [0.5, 0.6) is 5.75 Å². The lowest BCUT2D eigenvalue weighted by molar-refractivity contribution is -0.125. The van der Waals surface area contributed by atoms with Gasteiger partial charge in [0, 0.05) is 37.7 Å². The fourth-order valence-electron chi connectivity index (χ4n) is 3.66. The topological polar surface area (TPSA) is 84.0 Å². The van der Waals surface area contributed by atoms with E-state index in [1.807, 2.05) is 19.9 Å². The molecule has 0 atom stereocenters. The Morgan fingerprint density at radius 2 is 1.84 bits per heavy atom. The average Bonchev–Trinajstić information content (AvgIpc) is 2.79. The summed E-state index contributed by atoms with van der Waals surface area (Å²) in [5, 5.41) is 9.62. The molecule has 0 spiro atoms. The molecule has 3 N–H and O–H groups in total. The second-order valence-corrected chi connectivity index (χ2v) is 7.90. The van der Waals surface area contributed by atoms with Crippen LogP contribution in [0, 0.1) is 12.8 Å². The van der Waals surface area contributed by atoms with Crippen LogP contribution < -0.4 is 20.7 Å². The SMILES string of the molecule is CCNC(=NCc1ccc(C)cc1OCCOCC)NCCNC(=O)C1CCCCC1. The third-order valence-electron chi connectivity index (χ3n) is 5.36. The lowest BCUT2D eigenvalue weighted by Gasteiger charge is -2.21. The normalized spacial score (nSPS) is 14.9. The van der Waals surface area contributed by atoms with Crippen molar-refractivity contribution in [1.29, 1.82) is 0 Å². The van der Waals surface area contributed by atoms with Gasteiger partial charge in [-0.25, -0.2) is 4.99 Å². The lowest BCUT2D eigenvalue weighted by atomic mass is 9.89.